The quantitative estimate of drug-likeness (QED) is 0.336. The largest absolute Gasteiger partial charge is 0.481 e. The highest BCUT2D eigenvalue weighted by molar-refractivity contribution is 7.19. The Balaban J connectivity index is 1.36. The maximum atomic E-state index is 12.0. The monoisotopic (exact) mass is 507 g/mol. The molecule has 2 aliphatic rings. The van der Waals surface area contributed by atoms with Gasteiger partial charge in [-0.15, -0.1) is 11.3 Å². The van der Waals surface area contributed by atoms with E-state index in [1.54, 1.807) is 11.3 Å². The Kier molecular flexibility index (Phi) is 5.77. The number of aryl methyl sites for hydroxylation is 1. The van der Waals surface area contributed by atoms with Gasteiger partial charge in [-0.05, 0) is 49.9 Å². The number of halogens is 1. The molecule has 1 aromatic carbocycles. The second-order valence-corrected chi connectivity index (χ2v) is 11.2. The summed E-state index contributed by atoms with van der Waals surface area (Å²) >= 11 is 8.22. The van der Waals surface area contributed by atoms with Crippen LogP contribution in [0.2, 0.25) is 5.02 Å². The molecule has 0 spiro atoms. The summed E-state index contributed by atoms with van der Waals surface area (Å²) in [7, 11) is 0. The molecule has 0 unspecified atom stereocenters. The summed E-state index contributed by atoms with van der Waals surface area (Å²) in [6, 6.07) is 8.00. The molecule has 4 heterocycles. The fourth-order valence-electron chi connectivity index (χ4n) is 5.00. The van der Waals surface area contributed by atoms with Crippen molar-refractivity contribution in [2.45, 2.75) is 58.6 Å². The summed E-state index contributed by atoms with van der Waals surface area (Å²) in [5.74, 6) is 1.69. The molecular weight excluding hydrogens is 482 g/mol. The van der Waals surface area contributed by atoms with Crippen molar-refractivity contribution in [3.8, 4) is 16.9 Å². The Morgan fingerprint density at radius 3 is 2.94 bits per heavy atom. The van der Waals surface area contributed by atoms with Gasteiger partial charge in [0.25, 0.3) is 0 Å². The Morgan fingerprint density at radius 1 is 1.23 bits per heavy atom. The van der Waals surface area contributed by atoms with Crippen LogP contribution in [-0.2, 0) is 30.6 Å². The fraction of sp³-hybridized carbons (Fsp3) is 0.370. The van der Waals surface area contributed by atoms with Gasteiger partial charge in [0.05, 0.1) is 22.5 Å². The maximum Gasteiger partial charge on any atom is 0.222 e. The van der Waals surface area contributed by atoms with E-state index in [1.807, 2.05) is 44.3 Å². The van der Waals surface area contributed by atoms with E-state index in [0.29, 0.717) is 18.0 Å². The molecule has 35 heavy (non-hydrogen) atoms. The number of carbonyl (C=O) groups is 1. The number of aromatic nitrogens is 2. The highest BCUT2D eigenvalue weighted by atomic mass is 35.5. The minimum atomic E-state index is -0.195. The van der Waals surface area contributed by atoms with Crippen LogP contribution in [0.15, 0.2) is 35.0 Å². The van der Waals surface area contributed by atoms with Crippen molar-refractivity contribution in [2.24, 2.45) is 5.92 Å². The van der Waals surface area contributed by atoms with Crippen LogP contribution in [0, 0.1) is 5.92 Å². The van der Waals surface area contributed by atoms with Crippen molar-refractivity contribution in [3.05, 3.63) is 62.9 Å². The van der Waals surface area contributed by atoms with E-state index in [-0.39, 0.29) is 17.9 Å². The van der Waals surface area contributed by atoms with E-state index in [1.165, 1.54) is 5.56 Å². The number of amides is 1. The van der Waals surface area contributed by atoms with E-state index in [0.717, 1.165) is 74.7 Å². The maximum absolute atomic E-state index is 12.0. The van der Waals surface area contributed by atoms with E-state index >= 15 is 0 Å². The molecule has 1 amide bonds. The molecule has 3 aromatic heterocycles. The van der Waals surface area contributed by atoms with Crippen LogP contribution >= 0.6 is 22.9 Å². The first kappa shape index (κ1) is 22.6. The number of pyridine rings is 1. The van der Waals surface area contributed by atoms with Crippen molar-refractivity contribution in [3.63, 3.8) is 0 Å². The van der Waals surface area contributed by atoms with Gasteiger partial charge in [-0.2, -0.15) is 0 Å². The molecule has 1 aliphatic carbocycles. The van der Waals surface area contributed by atoms with Crippen molar-refractivity contribution in [1.29, 1.82) is 0 Å². The summed E-state index contributed by atoms with van der Waals surface area (Å²) < 4.78 is 13.4. The molecule has 0 bridgehead atoms. The first-order valence-electron chi connectivity index (χ1n) is 12.1. The molecule has 4 aromatic rings. The van der Waals surface area contributed by atoms with Crippen molar-refractivity contribution < 1.29 is 14.1 Å². The number of fused-ring (bicyclic) bond motifs is 3. The number of hydrogen-bond acceptors (Lipinski definition) is 6. The number of rotatable bonds is 5. The number of thiophene rings is 1. The minimum absolute atomic E-state index is 0.0392. The summed E-state index contributed by atoms with van der Waals surface area (Å²) in [4.78, 5) is 17.7. The van der Waals surface area contributed by atoms with Crippen LogP contribution in [-0.4, -0.2) is 16.0 Å². The molecule has 0 radical (unpaired) electrons. The third kappa shape index (κ3) is 4.10. The summed E-state index contributed by atoms with van der Waals surface area (Å²) in [5, 5.41) is 8.00. The second kappa shape index (κ2) is 8.95. The van der Waals surface area contributed by atoms with Crippen LogP contribution in [0.4, 0.5) is 0 Å². The smallest absolute Gasteiger partial charge is 0.222 e. The lowest BCUT2D eigenvalue weighted by Crippen LogP contribution is -2.26. The zero-order chi connectivity index (χ0) is 24.1. The van der Waals surface area contributed by atoms with Gasteiger partial charge in [0.2, 0.25) is 5.91 Å². The Morgan fingerprint density at radius 2 is 2.09 bits per heavy atom. The van der Waals surface area contributed by atoms with Crippen molar-refractivity contribution in [1.82, 2.24) is 15.5 Å². The molecule has 1 atom stereocenters. The molecule has 0 saturated heterocycles. The number of carbonyl (C=O) groups excluding carboxylic acids is 1. The van der Waals surface area contributed by atoms with Gasteiger partial charge in [0, 0.05) is 50.7 Å². The predicted octanol–water partition coefficient (Wildman–Crippen LogP) is 6.43. The standard InChI is InChI=1S/C27H26ClN3O3S/c1-14(2)27(32)30-13-17-12-22-26(35-17)18(7-8-29-22)20-11-16(28)9-15-10-23(33-24(15)20)25-19-5-3-4-6-21(19)31-34-25/h7-9,11-12,14,23H,3-6,10,13H2,1-2H3,(H,30,32)/t23-/m1/s1. The van der Waals surface area contributed by atoms with Crippen LogP contribution in [0.5, 0.6) is 5.75 Å². The lowest BCUT2D eigenvalue weighted by molar-refractivity contribution is -0.124. The van der Waals surface area contributed by atoms with Crippen LogP contribution in [0.25, 0.3) is 21.3 Å². The molecule has 0 fully saturated rings. The molecule has 1 aliphatic heterocycles. The first-order chi connectivity index (χ1) is 17.0. The van der Waals surface area contributed by atoms with Gasteiger partial charge in [-0.3, -0.25) is 9.78 Å². The molecule has 8 heteroatoms. The molecule has 180 valence electrons. The highest BCUT2D eigenvalue weighted by Crippen LogP contribution is 2.48. The Labute approximate surface area is 212 Å². The lowest BCUT2D eigenvalue weighted by Gasteiger charge is -2.14. The topological polar surface area (TPSA) is 77.2 Å². The second-order valence-electron chi connectivity index (χ2n) is 9.59. The van der Waals surface area contributed by atoms with Gasteiger partial charge in [-0.1, -0.05) is 30.6 Å². The normalized spacial score (nSPS) is 16.9. The number of ether oxygens (including phenoxy) is 1. The molecule has 0 saturated carbocycles. The van der Waals surface area contributed by atoms with E-state index in [2.05, 4.69) is 15.5 Å². The van der Waals surface area contributed by atoms with E-state index < -0.39 is 0 Å². The Bertz CT molecular complexity index is 1440. The number of nitrogens with zero attached hydrogens (tertiary/aromatic N) is 2. The minimum Gasteiger partial charge on any atom is -0.481 e. The van der Waals surface area contributed by atoms with Gasteiger partial charge in [0.15, 0.2) is 11.9 Å². The van der Waals surface area contributed by atoms with Crippen molar-refractivity contribution in [2.75, 3.05) is 0 Å². The van der Waals surface area contributed by atoms with Crippen LogP contribution in [0.3, 0.4) is 0 Å². The molecule has 6 nitrogen and oxygen atoms in total. The lowest BCUT2D eigenvalue weighted by atomic mass is 9.93. The van der Waals surface area contributed by atoms with Gasteiger partial charge < -0.3 is 14.6 Å². The summed E-state index contributed by atoms with van der Waals surface area (Å²) in [6.07, 6.45) is 6.61. The number of nitrogens with one attached hydrogen (secondary N) is 1. The molecular formula is C27H26ClN3O3S. The number of benzene rings is 1. The van der Waals surface area contributed by atoms with Crippen LogP contribution in [0.1, 0.15) is 60.3 Å². The number of hydrogen-bond donors (Lipinski definition) is 1. The third-order valence-corrected chi connectivity index (χ3v) is 8.17. The van der Waals surface area contributed by atoms with Crippen LogP contribution < -0.4 is 10.1 Å². The summed E-state index contributed by atoms with van der Waals surface area (Å²) in [6.45, 7) is 4.27. The predicted molar refractivity (Wildman–Crippen MR) is 137 cm³/mol. The summed E-state index contributed by atoms with van der Waals surface area (Å²) in [5.41, 5.74) is 6.25. The zero-order valence-corrected chi connectivity index (χ0v) is 21.3. The SMILES string of the molecule is CC(C)C(=O)NCc1cc2nccc(-c3cc(Cl)cc4c3O[C@@H](c3onc5c3CCCC5)C4)c2s1. The molecule has 6 rings (SSSR count). The van der Waals surface area contributed by atoms with E-state index in [4.69, 9.17) is 20.9 Å². The van der Waals surface area contributed by atoms with Gasteiger partial charge in [-0.25, -0.2) is 0 Å². The first-order valence-corrected chi connectivity index (χ1v) is 13.3. The molecule has 1 N–H and O–H groups in total. The van der Waals surface area contributed by atoms with Gasteiger partial charge in [0.1, 0.15) is 5.75 Å². The average molecular weight is 508 g/mol. The Hall–Kier alpha value is -2.90. The average Bonchev–Trinajstić information content (AvgIpc) is 3.57. The zero-order valence-electron chi connectivity index (χ0n) is 19.7. The third-order valence-electron chi connectivity index (χ3n) is 6.79. The van der Waals surface area contributed by atoms with Gasteiger partial charge >= 0.3 is 0 Å². The van der Waals surface area contributed by atoms with Crippen molar-refractivity contribution >= 4 is 39.1 Å². The van der Waals surface area contributed by atoms with E-state index in [9.17, 15) is 4.79 Å². The highest BCUT2D eigenvalue weighted by Gasteiger charge is 2.34. The fourth-order valence-corrected chi connectivity index (χ4v) is 6.33.